The van der Waals surface area contributed by atoms with Gasteiger partial charge in [0.1, 0.15) is 0 Å². The molecule has 1 saturated carbocycles. The molecule has 1 rings (SSSR count). The van der Waals surface area contributed by atoms with E-state index >= 15 is 0 Å². The number of methoxy groups -OCH3 is 1. The number of carbonyl (C=O) groups is 2. The lowest BCUT2D eigenvalue weighted by atomic mass is 9.94. The number of amides is 2. The van der Waals surface area contributed by atoms with Crippen LogP contribution in [0, 0.1) is 11.8 Å². The number of rotatable bonds is 7. The normalized spacial score (nSPS) is 20.8. The van der Waals surface area contributed by atoms with Crippen molar-refractivity contribution >= 4 is 24.2 Å². The molecule has 0 aromatic rings. The molecule has 0 spiro atoms. The highest BCUT2D eigenvalue weighted by Gasteiger charge is 2.35. The van der Waals surface area contributed by atoms with Crippen LogP contribution in [-0.2, 0) is 14.3 Å². The van der Waals surface area contributed by atoms with Crippen LogP contribution in [0.4, 0.5) is 0 Å². The van der Waals surface area contributed by atoms with E-state index in [1.807, 2.05) is 0 Å². The van der Waals surface area contributed by atoms with Gasteiger partial charge in [-0.25, -0.2) is 0 Å². The highest BCUT2D eigenvalue weighted by atomic mass is 35.5. The van der Waals surface area contributed by atoms with E-state index < -0.39 is 0 Å². The average molecular weight is 322 g/mol. The van der Waals surface area contributed by atoms with Crippen molar-refractivity contribution in [3.63, 3.8) is 0 Å². The van der Waals surface area contributed by atoms with Gasteiger partial charge in [0.2, 0.25) is 11.8 Å². The van der Waals surface area contributed by atoms with E-state index in [9.17, 15) is 9.59 Å². The van der Waals surface area contributed by atoms with Crippen molar-refractivity contribution < 1.29 is 14.3 Å². The average Bonchev–Trinajstić information content (AvgIpc) is 2.90. The minimum absolute atomic E-state index is 0. The van der Waals surface area contributed by atoms with Gasteiger partial charge in [0.15, 0.2) is 0 Å². The van der Waals surface area contributed by atoms with Crippen molar-refractivity contribution in [1.29, 1.82) is 0 Å². The Morgan fingerprint density at radius 1 is 1.29 bits per heavy atom. The zero-order valence-corrected chi connectivity index (χ0v) is 14.0. The van der Waals surface area contributed by atoms with Crippen LogP contribution < -0.4 is 5.73 Å². The monoisotopic (exact) mass is 321 g/mol. The van der Waals surface area contributed by atoms with Gasteiger partial charge in [0.05, 0.1) is 13.2 Å². The lowest BCUT2D eigenvalue weighted by Crippen LogP contribution is -2.45. The zero-order chi connectivity index (χ0) is 15.1. The first kappa shape index (κ1) is 20.1. The Bertz CT molecular complexity index is 339. The number of nitrogens with two attached hydrogens (primary N) is 1. The molecule has 124 valence electrons. The predicted octanol–water partition coefficient (Wildman–Crippen LogP) is 0.346. The molecule has 6 nitrogen and oxygen atoms in total. The predicted molar refractivity (Wildman–Crippen MR) is 84.3 cm³/mol. The number of carbonyl (C=O) groups excluding carboxylic acids is 2. The second-order valence-electron chi connectivity index (χ2n) is 5.57. The van der Waals surface area contributed by atoms with Gasteiger partial charge < -0.3 is 20.3 Å². The maximum atomic E-state index is 12.6. The Hall–Kier alpha value is -0.850. The second-order valence-corrected chi connectivity index (χ2v) is 5.57. The third kappa shape index (κ3) is 5.80. The Balaban J connectivity index is 0.00000400. The van der Waals surface area contributed by atoms with Gasteiger partial charge in [0, 0.05) is 33.7 Å². The van der Waals surface area contributed by atoms with Crippen molar-refractivity contribution in [2.24, 2.45) is 17.6 Å². The van der Waals surface area contributed by atoms with Gasteiger partial charge >= 0.3 is 0 Å². The van der Waals surface area contributed by atoms with Crippen molar-refractivity contribution in [1.82, 2.24) is 9.80 Å². The van der Waals surface area contributed by atoms with Crippen LogP contribution in [0.3, 0.4) is 0 Å². The van der Waals surface area contributed by atoms with Crippen LogP contribution >= 0.6 is 12.4 Å². The second kappa shape index (κ2) is 9.97. The third-order valence-corrected chi connectivity index (χ3v) is 3.98. The van der Waals surface area contributed by atoms with E-state index in [-0.39, 0.29) is 42.6 Å². The Kier molecular flexibility index (Phi) is 9.57. The molecule has 2 N–H and O–H groups in total. The molecule has 21 heavy (non-hydrogen) atoms. The summed E-state index contributed by atoms with van der Waals surface area (Å²) in [5, 5.41) is 0. The molecular weight excluding hydrogens is 294 g/mol. The van der Waals surface area contributed by atoms with E-state index in [1.165, 1.54) is 4.90 Å². The topological polar surface area (TPSA) is 75.9 Å². The highest BCUT2D eigenvalue weighted by molar-refractivity contribution is 5.86. The first-order valence-corrected chi connectivity index (χ1v) is 7.19. The van der Waals surface area contributed by atoms with E-state index in [4.69, 9.17) is 10.5 Å². The van der Waals surface area contributed by atoms with E-state index in [2.05, 4.69) is 0 Å². The summed E-state index contributed by atoms with van der Waals surface area (Å²) in [4.78, 5) is 27.6. The molecule has 0 aromatic heterocycles. The van der Waals surface area contributed by atoms with E-state index in [1.54, 1.807) is 26.1 Å². The number of nitrogens with zero attached hydrogens (tertiary/aromatic N) is 2. The van der Waals surface area contributed by atoms with E-state index in [0.29, 0.717) is 19.7 Å². The Morgan fingerprint density at radius 3 is 2.48 bits per heavy atom. The molecule has 0 unspecified atom stereocenters. The van der Waals surface area contributed by atoms with Crippen LogP contribution in [0.25, 0.3) is 0 Å². The molecule has 1 fully saturated rings. The van der Waals surface area contributed by atoms with Crippen LogP contribution in [-0.4, -0.2) is 69.1 Å². The largest absolute Gasteiger partial charge is 0.383 e. The maximum absolute atomic E-state index is 12.6. The number of hydrogen-bond acceptors (Lipinski definition) is 4. The fraction of sp³-hybridized carbons (Fsp3) is 0.857. The van der Waals surface area contributed by atoms with Gasteiger partial charge in [-0.05, 0) is 25.3 Å². The summed E-state index contributed by atoms with van der Waals surface area (Å²) in [6.45, 7) is 1.54. The van der Waals surface area contributed by atoms with Gasteiger partial charge in [-0.15, -0.1) is 12.4 Å². The Morgan fingerprint density at radius 2 is 1.95 bits per heavy atom. The summed E-state index contributed by atoms with van der Waals surface area (Å²) >= 11 is 0. The first-order valence-electron chi connectivity index (χ1n) is 7.19. The molecule has 2 atom stereocenters. The maximum Gasteiger partial charge on any atom is 0.241 e. The van der Waals surface area contributed by atoms with Gasteiger partial charge in [-0.2, -0.15) is 0 Å². The SMILES string of the molecule is COCCN(CC(=O)N(C)C)C(=O)[C@@H]1CCC[C@@H]1CN.Cl. The van der Waals surface area contributed by atoms with Crippen LogP contribution in [0.15, 0.2) is 0 Å². The summed E-state index contributed by atoms with van der Waals surface area (Å²) in [7, 11) is 4.98. The molecule has 1 aliphatic carbocycles. The lowest BCUT2D eigenvalue weighted by Gasteiger charge is -2.28. The van der Waals surface area contributed by atoms with Gasteiger partial charge in [0.25, 0.3) is 0 Å². The molecular formula is C14H28ClN3O3. The quantitative estimate of drug-likeness (QED) is 0.734. The minimum Gasteiger partial charge on any atom is -0.383 e. The molecule has 7 heteroatoms. The third-order valence-electron chi connectivity index (χ3n) is 3.98. The van der Waals surface area contributed by atoms with Gasteiger partial charge in [-0.3, -0.25) is 9.59 Å². The minimum atomic E-state index is -0.0725. The van der Waals surface area contributed by atoms with Crippen molar-refractivity contribution in [2.75, 3.05) is 47.4 Å². The highest BCUT2D eigenvalue weighted by Crippen LogP contribution is 2.32. The van der Waals surface area contributed by atoms with Crippen molar-refractivity contribution in [3.05, 3.63) is 0 Å². The molecule has 0 aliphatic heterocycles. The first-order chi connectivity index (χ1) is 9.51. The van der Waals surface area contributed by atoms with Crippen LogP contribution in [0.1, 0.15) is 19.3 Å². The lowest BCUT2D eigenvalue weighted by molar-refractivity contribution is -0.143. The van der Waals surface area contributed by atoms with Gasteiger partial charge in [-0.1, -0.05) is 6.42 Å². The fourth-order valence-corrected chi connectivity index (χ4v) is 2.65. The Labute approximate surface area is 133 Å². The summed E-state index contributed by atoms with van der Waals surface area (Å²) in [6, 6.07) is 0. The standard InChI is InChI=1S/C14H27N3O3.ClH/c1-16(2)13(18)10-17(7-8-20-3)14(19)12-6-4-5-11(12)9-15;/h11-12H,4-10,15H2,1-3H3;1H/t11-,12-;/m1./s1. The summed E-state index contributed by atoms with van der Waals surface area (Å²) in [6.07, 6.45) is 2.92. The summed E-state index contributed by atoms with van der Waals surface area (Å²) < 4.78 is 5.04. The number of halogens is 1. The molecule has 0 saturated heterocycles. The van der Waals surface area contributed by atoms with Crippen molar-refractivity contribution in [2.45, 2.75) is 19.3 Å². The van der Waals surface area contributed by atoms with E-state index in [0.717, 1.165) is 19.3 Å². The zero-order valence-electron chi connectivity index (χ0n) is 13.2. The molecule has 1 aliphatic rings. The van der Waals surface area contributed by atoms with Crippen LogP contribution in [0.5, 0.6) is 0 Å². The molecule has 2 amide bonds. The molecule has 0 aromatic carbocycles. The summed E-state index contributed by atoms with van der Waals surface area (Å²) in [5.41, 5.74) is 5.74. The smallest absolute Gasteiger partial charge is 0.241 e. The number of ether oxygens (including phenoxy) is 1. The molecule has 0 bridgehead atoms. The number of likely N-dealkylation sites (N-methyl/N-ethyl adjacent to an activating group) is 1. The molecule has 0 radical (unpaired) electrons. The summed E-state index contributed by atoms with van der Waals surface area (Å²) in [5.74, 6) is 0.191. The molecule has 0 heterocycles. The van der Waals surface area contributed by atoms with Crippen molar-refractivity contribution in [3.8, 4) is 0 Å². The fourth-order valence-electron chi connectivity index (χ4n) is 2.65. The van der Waals surface area contributed by atoms with Crippen LogP contribution in [0.2, 0.25) is 0 Å². The number of hydrogen-bond donors (Lipinski definition) is 1.